The molecule has 8 heteroatoms. The molecule has 1 aromatic rings. The zero-order valence-electron chi connectivity index (χ0n) is 19.1. The zero-order valence-corrected chi connectivity index (χ0v) is 19.1. The maximum absolute atomic E-state index is 13.6. The second-order valence-electron chi connectivity index (χ2n) is 9.32. The Morgan fingerprint density at radius 3 is 2.44 bits per heavy atom. The predicted octanol–water partition coefficient (Wildman–Crippen LogP) is 2.72. The van der Waals surface area contributed by atoms with Gasteiger partial charge < -0.3 is 29.9 Å². The van der Waals surface area contributed by atoms with E-state index in [1.54, 1.807) is 0 Å². The molecule has 3 rings (SSSR count). The lowest BCUT2D eigenvalue weighted by Crippen LogP contribution is -2.55. The molecule has 32 heavy (non-hydrogen) atoms. The molecule has 0 bridgehead atoms. The summed E-state index contributed by atoms with van der Waals surface area (Å²) in [5.74, 6) is -1.97. The summed E-state index contributed by atoms with van der Waals surface area (Å²) in [6.45, 7) is 7.66. The van der Waals surface area contributed by atoms with Crippen LogP contribution in [0.25, 0.3) is 0 Å². The van der Waals surface area contributed by atoms with E-state index in [1.807, 2.05) is 27.7 Å². The average molecular weight is 451 g/mol. The van der Waals surface area contributed by atoms with Crippen LogP contribution in [-0.4, -0.2) is 62.7 Å². The number of epoxide rings is 1. The topological polar surface area (TPSA) is 137 Å². The Labute approximate surface area is 188 Å². The van der Waals surface area contributed by atoms with Crippen LogP contribution in [0.5, 0.6) is 11.5 Å². The monoisotopic (exact) mass is 450 g/mol. The molecule has 1 spiro atoms. The molecule has 0 radical (unpaired) electrons. The van der Waals surface area contributed by atoms with E-state index in [1.165, 1.54) is 6.07 Å². The number of aldehydes is 1. The van der Waals surface area contributed by atoms with E-state index in [0.29, 0.717) is 37.5 Å². The Morgan fingerprint density at radius 1 is 1.25 bits per heavy atom. The molecule has 0 aromatic heterocycles. The number of hydrogen-bond acceptors (Lipinski definition) is 8. The number of hydrogen-bond donors (Lipinski definition) is 4. The lowest BCUT2D eigenvalue weighted by molar-refractivity contribution is -0.239. The molecule has 2 aliphatic heterocycles. The van der Waals surface area contributed by atoms with Gasteiger partial charge in [-0.2, -0.15) is 0 Å². The van der Waals surface area contributed by atoms with Gasteiger partial charge in [-0.05, 0) is 36.8 Å². The number of ketones is 1. The molecule has 8 nitrogen and oxygen atoms in total. The maximum Gasteiger partial charge on any atom is 0.189 e. The highest BCUT2D eigenvalue weighted by Crippen LogP contribution is 2.50. The van der Waals surface area contributed by atoms with Crippen LogP contribution in [0.3, 0.4) is 0 Å². The fourth-order valence-electron chi connectivity index (χ4n) is 4.91. The van der Waals surface area contributed by atoms with Crippen molar-refractivity contribution in [3.63, 3.8) is 0 Å². The van der Waals surface area contributed by atoms with Crippen molar-refractivity contribution in [1.29, 1.82) is 0 Å². The van der Waals surface area contributed by atoms with E-state index in [9.17, 15) is 30.0 Å². The minimum absolute atomic E-state index is 0.0685. The molecule has 4 N–H and O–H groups in total. The Hall–Kier alpha value is -2.00. The molecule has 2 aliphatic rings. The van der Waals surface area contributed by atoms with Crippen LogP contribution in [-0.2, 0) is 15.9 Å². The van der Waals surface area contributed by atoms with Gasteiger partial charge in [-0.3, -0.25) is 9.59 Å². The number of phenols is 2. The van der Waals surface area contributed by atoms with Crippen molar-refractivity contribution in [2.45, 2.75) is 90.0 Å². The summed E-state index contributed by atoms with van der Waals surface area (Å²) < 4.78 is 11.3. The summed E-state index contributed by atoms with van der Waals surface area (Å²) in [5.41, 5.74) is -1.14. The first-order valence-corrected chi connectivity index (χ1v) is 11.4. The third-order valence-electron chi connectivity index (χ3n) is 6.61. The van der Waals surface area contributed by atoms with Crippen LogP contribution < -0.4 is 0 Å². The number of carbonyl (C=O) groups is 2. The number of aliphatic hydroxyl groups is 2. The standard InChI is InChI=1S/C24H34O8/c1-5-7-14(17-10-18(26)24(23(30)31-17)19(6-2)32-24)21(28)15-9-13(8-12(3)4)20(27)16(11-25)22(15)29/h9,11-12,14,17-19,23,26-27,29-30H,5-8,10H2,1-4H3/t14-,17-,18-,19+,23-,24+/m1/s1. The normalized spacial score (nSPS) is 30.5. The number of rotatable bonds is 9. The second-order valence-corrected chi connectivity index (χ2v) is 9.32. The van der Waals surface area contributed by atoms with Crippen LogP contribution in [0.2, 0.25) is 0 Å². The SMILES string of the molecule is CCC[C@@H](C(=O)c1cc(CC(C)C)c(O)c(C=O)c1O)[C@H]1C[C@@H](O)[C@@]2(O[C@H]2CC)[C@H](O)O1. The first-order valence-electron chi connectivity index (χ1n) is 11.4. The molecule has 0 unspecified atom stereocenters. The average Bonchev–Trinajstić information content (AvgIpc) is 3.48. The number of carbonyl (C=O) groups excluding carboxylic acids is 2. The molecule has 2 heterocycles. The summed E-state index contributed by atoms with van der Waals surface area (Å²) in [5, 5.41) is 42.3. The fraction of sp³-hybridized carbons (Fsp3) is 0.667. The number of benzene rings is 1. The molecule has 178 valence electrons. The summed E-state index contributed by atoms with van der Waals surface area (Å²) in [7, 11) is 0. The van der Waals surface area contributed by atoms with Gasteiger partial charge in [0, 0.05) is 12.3 Å². The number of aromatic hydroxyl groups is 2. The Morgan fingerprint density at radius 2 is 1.94 bits per heavy atom. The number of phenolic OH excluding ortho intramolecular Hbond substituents is 2. The van der Waals surface area contributed by atoms with Crippen LogP contribution in [0.1, 0.15) is 79.7 Å². The lowest BCUT2D eigenvalue weighted by Gasteiger charge is -2.39. The van der Waals surface area contributed by atoms with E-state index in [-0.39, 0.29) is 35.3 Å². The summed E-state index contributed by atoms with van der Waals surface area (Å²) in [6, 6.07) is 1.43. The summed E-state index contributed by atoms with van der Waals surface area (Å²) in [4.78, 5) is 25.1. The van der Waals surface area contributed by atoms with Crippen molar-refractivity contribution in [2.75, 3.05) is 0 Å². The quantitative estimate of drug-likeness (QED) is 0.256. The van der Waals surface area contributed by atoms with Gasteiger partial charge in [0.25, 0.3) is 0 Å². The fourth-order valence-corrected chi connectivity index (χ4v) is 4.91. The van der Waals surface area contributed by atoms with Gasteiger partial charge in [0.2, 0.25) is 0 Å². The highest BCUT2D eigenvalue weighted by Gasteiger charge is 2.68. The first kappa shape index (κ1) is 24.6. The van der Waals surface area contributed by atoms with Crippen molar-refractivity contribution in [3.8, 4) is 11.5 Å². The van der Waals surface area contributed by atoms with E-state index in [2.05, 4.69) is 0 Å². The molecule has 0 saturated carbocycles. The van der Waals surface area contributed by atoms with Gasteiger partial charge in [0.15, 0.2) is 24.0 Å². The van der Waals surface area contributed by atoms with E-state index in [4.69, 9.17) is 9.47 Å². The van der Waals surface area contributed by atoms with Gasteiger partial charge >= 0.3 is 0 Å². The van der Waals surface area contributed by atoms with Crippen molar-refractivity contribution in [2.24, 2.45) is 11.8 Å². The third-order valence-corrected chi connectivity index (χ3v) is 6.61. The molecule has 2 saturated heterocycles. The van der Waals surface area contributed by atoms with Gasteiger partial charge in [0.05, 0.1) is 29.4 Å². The largest absolute Gasteiger partial charge is 0.507 e. The van der Waals surface area contributed by atoms with Crippen molar-refractivity contribution in [1.82, 2.24) is 0 Å². The molecular weight excluding hydrogens is 416 g/mol. The van der Waals surface area contributed by atoms with Crippen LogP contribution in [0.15, 0.2) is 6.07 Å². The second kappa shape index (κ2) is 9.47. The molecule has 1 aromatic carbocycles. The predicted molar refractivity (Wildman–Crippen MR) is 116 cm³/mol. The Kier molecular flexibility index (Phi) is 7.29. The third kappa shape index (κ3) is 4.17. The number of ether oxygens (including phenoxy) is 2. The minimum Gasteiger partial charge on any atom is -0.507 e. The molecular formula is C24H34O8. The van der Waals surface area contributed by atoms with Crippen LogP contribution >= 0.6 is 0 Å². The van der Waals surface area contributed by atoms with E-state index < -0.39 is 41.5 Å². The highest BCUT2D eigenvalue weighted by atomic mass is 16.7. The van der Waals surface area contributed by atoms with Crippen LogP contribution in [0.4, 0.5) is 0 Å². The first-order chi connectivity index (χ1) is 15.1. The van der Waals surface area contributed by atoms with Gasteiger partial charge in [-0.1, -0.05) is 34.1 Å². The van der Waals surface area contributed by atoms with Gasteiger partial charge in [-0.15, -0.1) is 0 Å². The van der Waals surface area contributed by atoms with Crippen molar-refractivity contribution in [3.05, 3.63) is 22.8 Å². The molecule has 6 atom stereocenters. The maximum atomic E-state index is 13.6. The lowest BCUT2D eigenvalue weighted by atomic mass is 9.80. The number of Topliss-reactive ketones (excluding diaryl/α,β-unsaturated/α-hetero) is 1. The van der Waals surface area contributed by atoms with Crippen molar-refractivity contribution < 1.29 is 39.5 Å². The van der Waals surface area contributed by atoms with E-state index >= 15 is 0 Å². The summed E-state index contributed by atoms with van der Waals surface area (Å²) in [6.07, 6.45) is -0.969. The molecule has 0 amide bonds. The number of aliphatic hydroxyl groups excluding tert-OH is 2. The van der Waals surface area contributed by atoms with E-state index in [0.717, 1.165) is 0 Å². The molecule has 0 aliphatic carbocycles. The van der Waals surface area contributed by atoms with Crippen molar-refractivity contribution >= 4 is 12.1 Å². The highest BCUT2D eigenvalue weighted by molar-refractivity contribution is 6.04. The Balaban J connectivity index is 1.94. The minimum atomic E-state index is -1.37. The zero-order chi connectivity index (χ0) is 23.8. The smallest absolute Gasteiger partial charge is 0.189 e. The van der Waals surface area contributed by atoms with Crippen LogP contribution in [0, 0.1) is 11.8 Å². The van der Waals surface area contributed by atoms with Gasteiger partial charge in [0.1, 0.15) is 11.5 Å². The summed E-state index contributed by atoms with van der Waals surface area (Å²) >= 11 is 0. The Bertz CT molecular complexity index is 852. The molecule has 2 fully saturated rings. The van der Waals surface area contributed by atoms with Gasteiger partial charge in [-0.25, -0.2) is 0 Å².